The Bertz CT molecular complexity index is 798. The summed E-state index contributed by atoms with van der Waals surface area (Å²) in [6.07, 6.45) is 3.59. The zero-order chi connectivity index (χ0) is 20.0. The highest BCUT2D eigenvalue weighted by molar-refractivity contribution is 6.39. The molecule has 1 aromatic heterocycles. The quantitative estimate of drug-likeness (QED) is 0.727. The number of nitrogens with one attached hydrogen (secondary N) is 2. The molecule has 2 N–H and O–H groups in total. The maximum absolute atomic E-state index is 12.3. The predicted molar refractivity (Wildman–Crippen MR) is 106 cm³/mol. The van der Waals surface area contributed by atoms with E-state index in [1.54, 1.807) is 16.9 Å². The second kappa shape index (κ2) is 8.99. The number of anilines is 1. The average molecular weight is 385 g/mol. The molecule has 28 heavy (non-hydrogen) atoms. The third-order valence-electron chi connectivity index (χ3n) is 4.84. The maximum atomic E-state index is 12.3. The van der Waals surface area contributed by atoms with Crippen LogP contribution in [-0.2, 0) is 20.9 Å². The third-order valence-corrected chi connectivity index (χ3v) is 4.84. The first kappa shape index (κ1) is 20.0. The van der Waals surface area contributed by atoms with Crippen molar-refractivity contribution in [2.75, 3.05) is 38.2 Å². The minimum absolute atomic E-state index is 0.247. The summed E-state index contributed by atoms with van der Waals surface area (Å²) in [6, 6.07) is 9.24. The van der Waals surface area contributed by atoms with Crippen LogP contribution in [0, 0.1) is 0 Å². The lowest BCUT2D eigenvalue weighted by Crippen LogP contribution is -2.56. The number of hydrogen-bond donors (Lipinski definition) is 2. The molecule has 8 heteroatoms. The van der Waals surface area contributed by atoms with Crippen LogP contribution in [-0.4, -0.2) is 64.9 Å². The van der Waals surface area contributed by atoms with Gasteiger partial charge in [0, 0.05) is 43.3 Å². The normalized spacial score (nSPS) is 15.2. The van der Waals surface area contributed by atoms with Gasteiger partial charge in [0.2, 0.25) is 0 Å². The van der Waals surface area contributed by atoms with Crippen LogP contribution >= 0.6 is 0 Å². The van der Waals surface area contributed by atoms with E-state index < -0.39 is 11.8 Å². The van der Waals surface area contributed by atoms with E-state index in [1.165, 1.54) is 0 Å². The monoisotopic (exact) mass is 385 g/mol. The highest BCUT2D eigenvalue weighted by atomic mass is 16.5. The van der Waals surface area contributed by atoms with Gasteiger partial charge in [-0.05, 0) is 37.6 Å². The number of hydrogen-bond acceptors (Lipinski definition) is 5. The zero-order valence-electron chi connectivity index (χ0n) is 16.4. The van der Waals surface area contributed by atoms with Crippen LogP contribution < -0.4 is 10.6 Å². The summed E-state index contributed by atoms with van der Waals surface area (Å²) in [5.41, 5.74) is 1.32. The largest absolute Gasteiger partial charge is 0.379 e. The average Bonchev–Trinajstić information content (AvgIpc) is 3.20. The number of nitrogens with zero attached hydrogens (tertiary/aromatic N) is 3. The Labute approximate surface area is 164 Å². The van der Waals surface area contributed by atoms with Gasteiger partial charge in [0.1, 0.15) is 0 Å². The summed E-state index contributed by atoms with van der Waals surface area (Å²) in [5.74, 6) is -1.31. The van der Waals surface area contributed by atoms with Crippen LogP contribution in [0.25, 0.3) is 0 Å². The van der Waals surface area contributed by atoms with Crippen LogP contribution in [0.4, 0.5) is 5.69 Å². The summed E-state index contributed by atoms with van der Waals surface area (Å²) < 4.78 is 7.16. The van der Waals surface area contributed by atoms with Gasteiger partial charge in [-0.15, -0.1) is 0 Å². The molecule has 2 amide bonds. The maximum Gasteiger partial charge on any atom is 0.313 e. The molecule has 0 bridgehead atoms. The first-order valence-corrected chi connectivity index (χ1v) is 9.42. The van der Waals surface area contributed by atoms with E-state index in [9.17, 15) is 9.59 Å². The van der Waals surface area contributed by atoms with Gasteiger partial charge in [0.15, 0.2) is 0 Å². The van der Waals surface area contributed by atoms with Crippen molar-refractivity contribution in [3.63, 3.8) is 0 Å². The van der Waals surface area contributed by atoms with Crippen molar-refractivity contribution in [3.8, 4) is 0 Å². The van der Waals surface area contributed by atoms with Crippen LogP contribution in [0.2, 0.25) is 0 Å². The lowest BCUT2D eigenvalue weighted by molar-refractivity contribution is -0.136. The molecule has 0 radical (unpaired) electrons. The van der Waals surface area contributed by atoms with Crippen molar-refractivity contribution in [2.24, 2.45) is 0 Å². The van der Waals surface area contributed by atoms with Gasteiger partial charge in [-0.3, -0.25) is 19.2 Å². The molecule has 1 aromatic carbocycles. The van der Waals surface area contributed by atoms with Crippen LogP contribution in [0.15, 0.2) is 42.7 Å². The van der Waals surface area contributed by atoms with Crippen LogP contribution in [0.3, 0.4) is 0 Å². The number of benzene rings is 1. The standard InChI is InChI=1S/C20H27N5O3/c1-20(2,24-9-11-28-12-10-24)15-21-18(26)19(27)23-17-6-3-5-16(13-17)14-25-8-4-7-22-25/h3-8,13H,9-12,14-15H2,1-2H3,(H,21,26)(H,23,27). The Morgan fingerprint density at radius 2 is 1.96 bits per heavy atom. The number of ether oxygens (including phenoxy) is 1. The van der Waals surface area contributed by atoms with Crippen LogP contribution in [0.5, 0.6) is 0 Å². The minimum atomic E-state index is -0.672. The molecule has 1 aliphatic rings. The number of rotatable bonds is 6. The highest BCUT2D eigenvalue weighted by Gasteiger charge is 2.29. The lowest BCUT2D eigenvalue weighted by Gasteiger charge is -2.40. The van der Waals surface area contributed by atoms with Gasteiger partial charge in [0.05, 0.1) is 19.8 Å². The molecular weight excluding hydrogens is 358 g/mol. The van der Waals surface area contributed by atoms with Gasteiger partial charge in [-0.1, -0.05) is 12.1 Å². The van der Waals surface area contributed by atoms with Gasteiger partial charge in [0.25, 0.3) is 0 Å². The first-order valence-electron chi connectivity index (χ1n) is 9.42. The van der Waals surface area contributed by atoms with Gasteiger partial charge in [-0.25, -0.2) is 0 Å². The van der Waals surface area contributed by atoms with E-state index in [0.717, 1.165) is 18.7 Å². The van der Waals surface area contributed by atoms with E-state index in [1.807, 2.05) is 30.5 Å². The number of aromatic nitrogens is 2. The molecule has 0 aliphatic carbocycles. The molecule has 2 aromatic rings. The van der Waals surface area contributed by atoms with Crippen molar-refractivity contribution < 1.29 is 14.3 Å². The number of morpholine rings is 1. The number of amides is 2. The fourth-order valence-corrected chi connectivity index (χ4v) is 3.17. The summed E-state index contributed by atoms with van der Waals surface area (Å²) in [6.45, 7) is 8.09. The van der Waals surface area contributed by atoms with Crippen molar-refractivity contribution in [1.29, 1.82) is 0 Å². The van der Waals surface area contributed by atoms with Gasteiger partial charge < -0.3 is 15.4 Å². The molecule has 1 saturated heterocycles. The summed E-state index contributed by atoms with van der Waals surface area (Å²) in [7, 11) is 0. The molecule has 0 atom stereocenters. The summed E-state index contributed by atoms with van der Waals surface area (Å²) in [5, 5.41) is 9.58. The number of carbonyl (C=O) groups is 2. The highest BCUT2D eigenvalue weighted by Crippen LogP contribution is 2.15. The molecule has 2 heterocycles. The van der Waals surface area contributed by atoms with Crippen molar-refractivity contribution in [1.82, 2.24) is 20.0 Å². The van der Waals surface area contributed by atoms with E-state index in [4.69, 9.17) is 4.74 Å². The Balaban J connectivity index is 1.52. The summed E-state index contributed by atoms with van der Waals surface area (Å²) in [4.78, 5) is 26.8. The molecule has 0 saturated carbocycles. The van der Waals surface area contributed by atoms with Crippen molar-refractivity contribution in [3.05, 3.63) is 48.3 Å². The van der Waals surface area contributed by atoms with E-state index in [0.29, 0.717) is 32.0 Å². The molecule has 0 spiro atoms. The Kier molecular flexibility index (Phi) is 6.43. The molecule has 1 aliphatic heterocycles. The van der Waals surface area contributed by atoms with Crippen molar-refractivity contribution in [2.45, 2.75) is 25.9 Å². The predicted octanol–water partition coefficient (Wildman–Crippen LogP) is 1.10. The number of carbonyl (C=O) groups excluding carboxylic acids is 2. The fraction of sp³-hybridized carbons (Fsp3) is 0.450. The molecule has 0 unspecified atom stereocenters. The molecule has 1 fully saturated rings. The fourth-order valence-electron chi connectivity index (χ4n) is 3.17. The molecule has 150 valence electrons. The molecule has 8 nitrogen and oxygen atoms in total. The van der Waals surface area contributed by atoms with E-state index in [2.05, 4.69) is 34.5 Å². The third kappa shape index (κ3) is 5.40. The van der Waals surface area contributed by atoms with Gasteiger partial charge >= 0.3 is 11.8 Å². The molecule has 3 rings (SSSR count). The smallest absolute Gasteiger partial charge is 0.313 e. The summed E-state index contributed by atoms with van der Waals surface area (Å²) >= 11 is 0. The lowest BCUT2D eigenvalue weighted by atomic mass is 10.0. The Morgan fingerprint density at radius 1 is 1.18 bits per heavy atom. The van der Waals surface area contributed by atoms with Crippen molar-refractivity contribution >= 4 is 17.5 Å². The molecular formula is C20H27N5O3. The minimum Gasteiger partial charge on any atom is -0.379 e. The SMILES string of the molecule is CC(C)(CNC(=O)C(=O)Nc1cccc(Cn2cccn2)c1)N1CCOCC1. The zero-order valence-corrected chi connectivity index (χ0v) is 16.4. The first-order chi connectivity index (χ1) is 13.4. The second-order valence-electron chi connectivity index (χ2n) is 7.45. The topological polar surface area (TPSA) is 88.5 Å². The Hall–Kier alpha value is -2.71. The van der Waals surface area contributed by atoms with E-state index in [-0.39, 0.29) is 5.54 Å². The van der Waals surface area contributed by atoms with Crippen LogP contribution in [0.1, 0.15) is 19.4 Å². The van der Waals surface area contributed by atoms with Gasteiger partial charge in [-0.2, -0.15) is 5.10 Å². The second-order valence-corrected chi connectivity index (χ2v) is 7.45. The Morgan fingerprint density at radius 3 is 2.68 bits per heavy atom. The van der Waals surface area contributed by atoms with E-state index >= 15 is 0 Å².